The highest BCUT2D eigenvalue weighted by Crippen LogP contribution is 2.22. The minimum atomic E-state index is -0.734. The average Bonchev–Trinajstić information content (AvgIpc) is 2.71. The molecular weight excluding hydrogens is 370 g/mol. The van der Waals surface area contributed by atoms with Crippen molar-refractivity contribution in [2.75, 3.05) is 7.11 Å². The molecule has 6 heteroatoms. The lowest BCUT2D eigenvalue weighted by atomic mass is 10.0. The Kier molecular flexibility index (Phi) is 6.12. The first-order valence-corrected chi connectivity index (χ1v) is 9.41. The summed E-state index contributed by atoms with van der Waals surface area (Å²) in [4.78, 5) is 37.1. The van der Waals surface area contributed by atoms with Gasteiger partial charge in [-0.2, -0.15) is 0 Å². The Labute approximate surface area is 168 Å². The lowest BCUT2D eigenvalue weighted by molar-refractivity contribution is -0.143. The summed E-state index contributed by atoms with van der Waals surface area (Å²) in [5.74, 6) is -0.695. The fraction of sp³-hybridized carbons (Fsp3) is 0.261. The Balaban J connectivity index is 1.91. The molecule has 1 unspecified atom stereocenters. The van der Waals surface area contributed by atoms with Gasteiger partial charge in [0, 0.05) is 10.9 Å². The van der Waals surface area contributed by atoms with E-state index in [4.69, 9.17) is 9.15 Å². The number of nitrogens with one attached hydrogen (secondary N) is 1. The van der Waals surface area contributed by atoms with E-state index < -0.39 is 23.5 Å². The van der Waals surface area contributed by atoms with Crippen LogP contribution in [0.15, 0.2) is 63.8 Å². The Morgan fingerprint density at radius 1 is 1.07 bits per heavy atom. The molecule has 0 aliphatic heterocycles. The van der Waals surface area contributed by atoms with Crippen molar-refractivity contribution in [1.82, 2.24) is 5.32 Å². The van der Waals surface area contributed by atoms with Gasteiger partial charge in [-0.15, -0.1) is 0 Å². The summed E-state index contributed by atoms with van der Waals surface area (Å²) in [7, 11) is 1.29. The maximum absolute atomic E-state index is 12.7. The quantitative estimate of drug-likeness (QED) is 0.509. The third-order valence-electron chi connectivity index (χ3n) is 4.58. The van der Waals surface area contributed by atoms with Gasteiger partial charge in [0.25, 0.3) is 5.91 Å². The van der Waals surface area contributed by atoms with E-state index in [2.05, 4.69) is 5.32 Å². The highest BCUT2D eigenvalue weighted by Gasteiger charge is 2.23. The van der Waals surface area contributed by atoms with E-state index in [1.54, 1.807) is 42.5 Å². The molecule has 150 valence electrons. The Bertz CT molecular complexity index is 1100. The first-order chi connectivity index (χ1) is 13.9. The van der Waals surface area contributed by atoms with E-state index >= 15 is 0 Å². The van der Waals surface area contributed by atoms with Crippen molar-refractivity contribution in [3.8, 4) is 11.1 Å². The predicted molar refractivity (Wildman–Crippen MR) is 111 cm³/mol. The predicted octanol–water partition coefficient (Wildman–Crippen LogP) is 3.78. The third kappa shape index (κ3) is 4.71. The van der Waals surface area contributed by atoms with Crippen LogP contribution in [0.1, 0.15) is 30.6 Å². The lowest BCUT2D eigenvalue weighted by Gasteiger charge is -2.18. The van der Waals surface area contributed by atoms with Crippen LogP contribution >= 0.6 is 0 Å². The number of fused-ring (bicyclic) bond motifs is 1. The Morgan fingerprint density at radius 3 is 2.55 bits per heavy atom. The molecule has 0 aliphatic carbocycles. The van der Waals surface area contributed by atoms with Gasteiger partial charge < -0.3 is 14.5 Å². The van der Waals surface area contributed by atoms with Crippen LogP contribution in [0.3, 0.4) is 0 Å². The molecule has 1 heterocycles. The number of ether oxygens (including phenoxy) is 1. The lowest BCUT2D eigenvalue weighted by Crippen LogP contribution is -2.42. The van der Waals surface area contributed by atoms with Gasteiger partial charge in [-0.1, -0.05) is 44.2 Å². The zero-order valence-electron chi connectivity index (χ0n) is 16.6. The van der Waals surface area contributed by atoms with Crippen LogP contribution in [0, 0.1) is 5.92 Å². The third-order valence-corrected chi connectivity index (χ3v) is 4.58. The summed E-state index contributed by atoms with van der Waals surface area (Å²) in [6.07, 6.45) is 0.465. The highest BCUT2D eigenvalue weighted by molar-refractivity contribution is 5.98. The standard InChI is InChI=1S/C23H23NO5/c1-14(2)11-19(23(27)28-3)24-21(25)17-9-6-8-15(12-17)18-13-16-7-4-5-10-20(16)29-22(18)26/h4-10,12-14,19H,11H2,1-3H3,(H,24,25). The molecule has 0 saturated heterocycles. The molecule has 1 aromatic heterocycles. The second-order valence-electron chi connectivity index (χ2n) is 7.24. The van der Waals surface area contributed by atoms with Gasteiger partial charge in [0.15, 0.2) is 0 Å². The molecular formula is C23H23NO5. The molecule has 3 aromatic rings. The molecule has 0 saturated carbocycles. The number of para-hydroxylation sites is 1. The minimum Gasteiger partial charge on any atom is -0.467 e. The minimum absolute atomic E-state index is 0.202. The van der Waals surface area contributed by atoms with E-state index in [1.165, 1.54) is 7.11 Å². The number of hydrogen-bond acceptors (Lipinski definition) is 5. The van der Waals surface area contributed by atoms with E-state index in [-0.39, 0.29) is 5.92 Å². The summed E-state index contributed by atoms with van der Waals surface area (Å²) in [6.45, 7) is 3.92. The summed E-state index contributed by atoms with van der Waals surface area (Å²) < 4.78 is 10.2. The van der Waals surface area contributed by atoms with Crippen LogP contribution in [-0.2, 0) is 9.53 Å². The van der Waals surface area contributed by atoms with E-state index in [9.17, 15) is 14.4 Å². The van der Waals surface area contributed by atoms with Gasteiger partial charge in [0.05, 0.1) is 12.7 Å². The molecule has 0 aliphatic rings. The number of hydrogen-bond donors (Lipinski definition) is 1. The molecule has 0 fully saturated rings. The summed E-state index contributed by atoms with van der Waals surface area (Å²) in [5, 5.41) is 3.51. The van der Waals surface area contributed by atoms with Crippen molar-refractivity contribution in [3.63, 3.8) is 0 Å². The zero-order chi connectivity index (χ0) is 21.0. The van der Waals surface area contributed by atoms with E-state index in [0.29, 0.717) is 28.7 Å². The summed E-state index contributed by atoms with van der Waals surface area (Å²) in [6, 6.07) is 14.9. The molecule has 0 bridgehead atoms. The summed E-state index contributed by atoms with van der Waals surface area (Å²) in [5.41, 5.74) is 1.30. The number of rotatable bonds is 6. The van der Waals surface area contributed by atoms with Crippen LogP contribution in [0.25, 0.3) is 22.1 Å². The van der Waals surface area contributed by atoms with Crippen molar-refractivity contribution in [1.29, 1.82) is 0 Å². The van der Waals surface area contributed by atoms with Gasteiger partial charge in [-0.05, 0) is 42.2 Å². The van der Waals surface area contributed by atoms with Crippen molar-refractivity contribution in [2.24, 2.45) is 5.92 Å². The number of benzene rings is 2. The fourth-order valence-electron chi connectivity index (χ4n) is 3.16. The van der Waals surface area contributed by atoms with Crippen LogP contribution in [-0.4, -0.2) is 25.0 Å². The van der Waals surface area contributed by atoms with Gasteiger partial charge in [0.1, 0.15) is 11.6 Å². The molecule has 1 N–H and O–H groups in total. The normalized spacial score (nSPS) is 12.0. The Hall–Kier alpha value is -3.41. The van der Waals surface area contributed by atoms with E-state index in [0.717, 1.165) is 5.39 Å². The van der Waals surface area contributed by atoms with Crippen LogP contribution in [0.5, 0.6) is 0 Å². The van der Waals surface area contributed by atoms with Gasteiger partial charge in [-0.3, -0.25) is 4.79 Å². The maximum Gasteiger partial charge on any atom is 0.344 e. The molecule has 1 amide bonds. The number of carbonyl (C=O) groups is 2. The fourth-order valence-corrected chi connectivity index (χ4v) is 3.16. The van der Waals surface area contributed by atoms with Crippen molar-refractivity contribution in [3.05, 3.63) is 70.6 Å². The summed E-state index contributed by atoms with van der Waals surface area (Å²) >= 11 is 0. The van der Waals surface area contributed by atoms with E-state index in [1.807, 2.05) is 26.0 Å². The van der Waals surface area contributed by atoms with Crippen molar-refractivity contribution in [2.45, 2.75) is 26.3 Å². The number of esters is 1. The monoisotopic (exact) mass is 393 g/mol. The number of amides is 1. The first-order valence-electron chi connectivity index (χ1n) is 9.41. The Morgan fingerprint density at radius 2 is 1.83 bits per heavy atom. The zero-order valence-corrected chi connectivity index (χ0v) is 16.6. The van der Waals surface area contributed by atoms with Crippen LogP contribution in [0.4, 0.5) is 0 Å². The molecule has 0 spiro atoms. The molecule has 3 rings (SSSR count). The highest BCUT2D eigenvalue weighted by atomic mass is 16.5. The smallest absolute Gasteiger partial charge is 0.344 e. The molecule has 6 nitrogen and oxygen atoms in total. The molecule has 1 atom stereocenters. The van der Waals surface area contributed by atoms with Crippen molar-refractivity contribution >= 4 is 22.8 Å². The first kappa shape index (κ1) is 20.3. The second-order valence-corrected chi connectivity index (χ2v) is 7.24. The number of carbonyl (C=O) groups excluding carboxylic acids is 2. The van der Waals surface area contributed by atoms with Gasteiger partial charge in [-0.25, -0.2) is 9.59 Å². The van der Waals surface area contributed by atoms with Crippen LogP contribution < -0.4 is 10.9 Å². The molecule has 0 radical (unpaired) electrons. The number of methoxy groups -OCH3 is 1. The second kappa shape index (κ2) is 8.73. The largest absolute Gasteiger partial charge is 0.467 e. The van der Waals surface area contributed by atoms with Crippen LogP contribution in [0.2, 0.25) is 0 Å². The maximum atomic E-state index is 12.7. The van der Waals surface area contributed by atoms with Gasteiger partial charge in [0.2, 0.25) is 0 Å². The topological polar surface area (TPSA) is 85.6 Å². The van der Waals surface area contributed by atoms with Gasteiger partial charge >= 0.3 is 11.6 Å². The van der Waals surface area contributed by atoms with Crippen molar-refractivity contribution < 1.29 is 18.7 Å². The molecule has 2 aromatic carbocycles. The average molecular weight is 393 g/mol. The SMILES string of the molecule is COC(=O)C(CC(C)C)NC(=O)c1cccc(-c2cc3ccccc3oc2=O)c1. The molecule has 29 heavy (non-hydrogen) atoms.